The summed E-state index contributed by atoms with van der Waals surface area (Å²) in [6, 6.07) is 17.8. The minimum atomic E-state index is -0.958. The summed E-state index contributed by atoms with van der Waals surface area (Å²) in [5.74, 6) is -1.44. The second-order valence-corrected chi connectivity index (χ2v) is 18.1. The van der Waals surface area contributed by atoms with Gasteiger partial charge >= 0.3 is 11.7 Å². The van der Waals surface area contributed by atoms with Gasteiger partial charge in [-0.15, -0.1) is 0 Å². The molecule has 0 saturated heterocycles. The second-order valence-electron chi connectivity index (χ2n) is 18.1. The van der Waals surface area contributed by atoms with Crippen molar-refractivity contribution in [1.82, 2.24) is 14.1 Å². The molecule has 0 aliphatic rings. The molecule has 0 spiro atoms. The fourth-order valence-electron chi connectivity index (χ4n) is 7.86. The van der Waals surface area contributed by atoms with E-state index in [1.165, 1.54) is 87.2 Å². The zero-order chi connectivity index (χ0) is 45.6. The van der Waals surface area contributed by atoms with Crippen molar-refractivity contribution in [3.63, 3.8) is 0 Å². The Hall–Kier alpha value is -5.32. The summed E-state index contributed by atoms with van der Waals surface area (Å²) < 4.78 is 25.6. The van der Waals surface area contributed by atoms with Gasteiger partial charge in [-0.1, -0.05) is 143 Å². The molecule has 0 aliphatic carbocycles. The van der Waals surface area contributed by atoms with E-state index in [1.807, 2.05) is 6.07 Å². The van der Waals surface area contributed by atoms with Crippen molar-refractivity contribution >= 4 is 16.9 Å². The number of aromatic nitrogens is 3. The number of para-hydroxylation sites is 1. The van der Waals surface area contributed by atoms with Crippen molar-refractivity contribution in [1.29, 1.82) is 0 Å². The molecule has 5 aromatic rings. The lowest BCUT2D eigenvalue weighted by Crippen LogP contribution is -2.25. The van der Waals surface area contributed by atoms with E-state index in [0.717, 1.165) is 48.0 Å². The minimum Gasteiger partial charge on any atom is -0.495 e. The summed E-state index contributed by atoms with van der Waals surface area (Å²) >= 11 is 0. The average molecular weight is 866 g/mol. The maximum Gasteiger partial charge on any atom is 0.427 e. The number of rotatable bonds is 26. The Bertz CT molecular complexity index is 2390. The van der Waals surface area contributed by atoms with Crippen LogP contribution in [0.15, 0.2) is 74.7 Å². The lowest BCUT2D eigenvalue weighted by atomic mass is 9.76. The molecule has 0 atom stereocenters. The SMILES string of the molecule is CCCCCCCCCCCCCCOC(=O)c1ccc(OC)c(-n2c(O)c(-c3nc4ccccc4c(=O)n3CCCOc3ccc(C(C)(C)CC)cc3C(C)(C)CC)oc2=O)c1. The summed E-state index contributed by atoms with van der Waals surface area (Å²) in [5.41, 5.74) is 2.53. The molecule has 0 fully saturated rings. The first-order valence-electron chi connectivity index (χ1n) is 23.4. The van der Waals surface area contributed by atoms with Crippen LogP contribution in [-0.4, -0.2) is 45.5 Å². The molecule has 2 heterocycles. The number of carbonyl (C=O) groups is 1. The third-order valence-electron chi connectivity index (χ3n) is 12.8. The number of hydrogen-bond acceptors (Lipinski definition) is 9. The fraction of sp³-hybridized carbons (Fsp3) is 0.538. The Morgan fingerprint density at radius 1 is 0.746 bits per heavy atom. The van der Waals surface area contributed by atoms with Gasteiger partial charge in [0.05, 0.1) is 42.5 Å². The lowest BCUT2D eigenvalue weighted by molar-refractivity contribution is 0.0497. The Labute approximate surface area is 373 Å². The summed E-state index contributed by atoms with van der Waals surface area (Å²) in [6.07, 6.45) is 16.8. The number of nitrogens with zero attached hydrogens (tertiary/aromatic N) is 3. The number of carbonyl (C=O) groups excluding carboxylic acids is 1. The van der Waals surface area contributed by atoms with Crippen LogP contribution < -0.4 is 20.8 Å². The van der Waals surface area contributed by atoms with Crippen molar-refractivity contribution in [3.8, 4) is 34.7 Å². The first-order valence-corrected chi connectivity index (χ1v) is 23.4. The van der Waals surface area contributed by atoms with Crippen LogP contribution in [0.3, 0.4) is 0 Å². The monoisotopic (exact) mass is 866 g/mol. The number of methoxy groups -OCH3 is 1. The molecule has 2 aromatic heterocycles. The minimum absolute atomic E-state index is 0.0164. The third-order valence-corrected chi connectivity index (χ3v) is 12.8. The molecule has 11 heteroatoms. The normalized spacial score (nSPS) is 11.9. The lowest BCUT2D eigenvalue weighted by Gasteiger charge is -2.30. The maximum absolute atomic E-state index is 14.1. The number of aromatic hydroxyl groups is 1. The number of oxazole rings is 1. The highest BCUT2D eigenvalue weighted by atomic mass is 16.5. The Morgan fingerprint density at radius 3 is 2.03 bits per heavy atom. The fourth-order valence-corrected chi connectivity index (χ4v) is 7.86. The standard InChI is InChI=1S/C52H71N3O8/c1-9-12-13-14-15-16-17-18-19-20-21-24-33-62-49(58)37-28-30-44(60-8)42(35-37)55-48(57)45(63-50(55)59)46-53-41-27-23-22-26-39(41)47(56)54(46)32-25-34-61-43-31-29-38(51(4,5)10-2)36-40(43)52(6,7)11-3/h22-23,26-31,35-36,57H,9-21,24-25,32-34H2,1-8H3. The van der Waals surface area contributed by atoms with Gasteiger partial charge in [-0.2, -0.15) is 0 Å². The van der Waals surface area contributed by atoms with Crippen LogP contribution in [-0.2, 0) is 22.1 Å². The van der Waals surface area contributed by atoms with Crippen molar-refractivity contribution < 1.29 is 28.5 Å². The first-order chi connectivity index (χ1) is 30.3. The molecule has 0 radical (unpaired) electrons. The summed E-state index contributed by atoms with van der Waals surface area (Å²) in [6.45, 7) is 16.3. The van der Waals surface area contributed by atoms with Crippen LogP contribution in [0.2, 0.25) is 0 Å². The van der Waals surface area contributed by atoms with Crippen molar-refractivity contribution in [2.24, 2.45) is 0 Å². The van der Waals surface area contributed by atoms with Gasteiger partial charge in [-0.3, -0.25) is 9.36 Å². The molecule has 0 amide bonds. The molecule has 1 N–H and O–H groups in total. The maximum atomic E-state index is 14.1. The molecule has 0 aliphatic heterocycles. The molecule has 0 saturated carbocycles. The van der Waals surface area contributed by atoms with E-state index in [9.17, 15) is 19.5 Å². The van der Waals surface area contributed by atoms with Crippen LogP contribution >= 0.6 is 0 Å². The van der Waals surface area contributed by atoms with Gasteiger partial charge in [0.2, 0.25) is 11.6 Å². The van der Waals surface area contributed by atoms with Crippen molar-refractivity contribution in [2.75, 3.05) is 20.3 Å². The van der Waals surface area contributed by atoms with Crippen LogP contribution in [0.25, 0.3) is 28.2 Å². The van der Waals surface area contributed by atoms with E-state index in [4.69, 9.17) is 23.6 Å². The molecule has 5 rings (SSSR count). The zero-order valence-corrected chi connectivity index (χ0v) is 39.1. The summed E-state index contributed by atoms with van der Waals surface area (Å²) in [7, 11) is 1.42. The molecular formula is C52H71N3O8. The van der Waals surface area contributed by atoms with E-state index >= 15 is 0 Å². The Morgan fingerprint density at radius 2 is 1.38 bits per heavy atom. The molecule has 3 aromatic carbocycles. The predicted octanol–water partition coefficient (Wildman–Crippen LogP) is 12.2. The van der Waals surface area contributed by atoms with Crippen molar-refractivity contribution in [3.05, 3.63) is 98.3 Å². The molecule has 11 nitrogen and oxygen atoms in total. The second kappa shape index (κ2) is 22.9. The Balaban J connectivity index is 1.32. The number of ether oxygens (including phenoxy) is 3. The first kappa shape index (κ1) is 48.7. The zero-order valence-electron chi connectivity index (χ0n) is 39.1. The average Bonchev–Trinajstić information content (AvgIpc) is 3.58. The molecular weight excluding hydrogens is 795 g/mol. The highest BCUT2D eigenvalue weighted by Crippen LogP contribution is 2.39. The number of esters is 1. The smallest absolute Gasteiger partial charge is 0.427 e. The molecule has 0 unspecified atom stereocenters. The van der Waals surface area contributed by atoms with E-state index in [-0.39, 0.29) is 58.1 Å². The van der Waals surface area contributed by atoms with E-state index < -0.39 is 17.6 Å². The Kier molecular flexibility index (Phi) is 17.7. The summed E-state index contributed by atoms with van der Waals surface area (Å²) in [4.78, 5) is 45.7. The highest BCUT2D eigenvalue weighted by molar-refractivity contribution is 5.90. The third kappa shape index (κ3) is 12.2. The van der Waals surface area contributed by atoms with Crippen molar-refractivity contribution in [2.45, 2.75) is 162 Å². The predicted molar refractivity (Wildman–Crippen MR) is 252 cm³/mol. The number of fused-ring (bicyclic) bond motifs is 1. The van der Waals surface area contributed by atoms with E-state index in [1.54, 1.807) is 30.3 Å². The van der Waals surface area contributed by atoms with Crippen LogP contribution in [0, 0.1) is 0 Å². The van der Waals surface area contributed by atoms with Crippen LogP contribution in [0.4, 0.5) is 0 Å². The number of hydrogen-bond donors (Lipinski definition) is 1. The van der Waals surface area contributed by atoms with Crippen LogP contribution in [0.1, 0.15) is 166 Å². The topological polar surface area (TPSA) is 135 Å². The number of unbranched alkanes of at least 4 members (excludes halogenated alkanes) is 11. The quantitative estimate of drug-likeness (QED) is 0.0426. The van der Waals surface area contributed by atoms with Gasteiger partial charge in [0.25, 0.3) is 5.56 Å². The molecule has 342 valence electrons. The van der Waals surface area contributed by atoms with Gasteiger partial charge in [0.15, 0.2) is 5.82 Å². The number of benzene rings is 3. The highest BCUT2D eigenvalue weighted by Gasteiger charge is 2.29. The van der Waals surface area contributed by atoms with Gasteiger partial charge < -0.3 is 23.7 Å². The van der Waals surface area contributed by atoms with Gasteiger partial charge in [-0.25, -0.2) is 19.1 Å². The van der Waals surface area contributed by atoms with E-state index in [2.05, 4.69) is 60.6 Å². The molecule has 63 heavy (non-hydrogen) atoms. The largest absolute Gasteiger partial charge is 0.495 e. The van der Waals surface area contributed by atoms with Gasteiger partial charge in [0, 0.05) is 12.1 Å². The van der Waals surface area contributed by atoms with Crippen LogP contribution in [0.5, 0.6) is 17.4 Å². The summed E-state index contributed by atoms with van der Waals surface area (Å²) in [5, 5.41) is 12.1. The molecule has 0 bridgehead atoms. The van der Waals surface area contributed by atoms with Gasteiger partial charge in [-0.05, 0) is 78.5 Å². The van der Waals surface area contributed by atoms with Gasteiger partial charge in [0.1, 0.15) is 11.5 Å². The van der Waals surface area contributed by atoms with E-state index in [0.29, 0.717) is 23.9 Å².